The zero-order chi connectivity index (χ0) is 13.8. The average Bonchev–Trinajstić information content (AvgIpc) is 2.25. The highest BCUT2D eigenvalue weighted by atomic mass is 16.6. The number of carbonyl (C=O) groups excluding carboxylic acids is 1. The Morgan fingerprint density at radius 2 is 1.89 bits per heavy atom. The number of hydrogen-bond acceptors (Lipinski definition) is 4. The molecule has 4 nitrogen and oxygen atoms in total. The second-order valence-electron chi connectivity index (χ2n) is 4.76. The Morgan fingerprint density at radius 1 is 1.33 bits per heavy atom. The third-order valence-electron chi connectivity index (χ3n) is 1.94. The molecule has 4 heteroatoms. The van der Waals surface area contributed by atoms with Crippen molar-refractivity contribution in [1.29, 1.82) is 5.26 Å². The molecule has 0 aliphatic heterocycles. The Balaban J connectivity index is 2.94. The van der Waals surface area contributed by atoms with Crippen molar-refractivity contribution in [2.75, 3.05) is 0 Å². The number of phenolic OH excluding ortho intramolecular Hbond substituents is 1. The molecule has 1 N–H and O–H groups in total. The number of carbonyl (C=O) groups is 1. The molecule has 18 heavy (non-hydrogen) atoms. The lowest BCUT2D eigenvalue weighted by Gasteiger charge is -2.18. The zero-order valence-electron chi connectivity index (χ0n) is 10.6. The molecule has 0 radical (unpaired) electrons. The molecule has 0 saturated heterocycles. The predicted octanol–water partition coefficient (Wildman–Crippen LogP) is 2.64. The van der Waals surface area contributed by atoms with Crippen molar-refractivity contribution in [3.63, 3.8) is 0 Å². The van der Waals surface area contributed by atoms with E-state index >= 15 is 0 Å². The zero-order valence-corrected chi connectivity index (χ0v) is 10.6. The van der Waals surface area contributed by atoms with Crippen LogP contribution in [-0.2, 0) is 9.53 Å². The molecule has 0 heterocycles. The van der Waals surface area contributed by atoms with E-state index in [4.69, 9.17) is 15.1 Å². The third kappa shape index (κ3) is 4.30. The van der Waals surface area contributed by atoms with Gasteiger partial charge in [0.25, 0.3) is 0 Å². The minimum absolute atomic E-state index is 0.0735. The van der Waals surface area contributed by atoms with Gasteiger partial charge in [0.1, 0.15) is 23.0 Å². The number of benzene rings is 1. The molecule has 0 saturated carbocycles. The van der Waals surface area contributed by atoms with Gasteiger partial charge in [-0.3, -0.25) is 0 Å². The summed E-state index contributed by atoms with van der Waals surface area (Å²) in [6, 6.07) is 7.99. The number of phenols is 1. The van der Waals surface area contributed by atoms with Gasteiger partial charge in [-0.05, 0) is 44.5 Å². The van der Waals surface area contributed by atoms with Crippen molar-refractivity contribution >= 4 is 12.0 Å². The largest absolute Gasteiger partial charge is 0.508 e. The maximum atomic E-state index is 11.7. The van der Waals surface area contributed by atoms with Crippen LogP contribution in [0.2, 0.25) is 0 Å². The SMILES string of the molecule is CC(C)(C)OC(=O)/C(C#N)=C\c1ccc(O)cc1. The number of rotatable bonds is 2. The van der Waals surface area contributed by atoms with Crippen molar-refractivity contribution in [1.82, 2.24) is 0 Å². The molecule has 0 spiro atoms. The van der Waals surface area contributed by atoms with E-state index in [9.17, 15) is 4.79 Å². The minimum atomic E-state index is -0.655. The van der Waals surface area contributed by atoms with Gasteiger partial charge in [-0.15, -0.1) is 0 Å². The fraction of sp³-hybridized carbons (Fsp3) is 0.286. The highest BCUT2D eigenvalue weighted by Crippen LogP contribution is 2.15. The van der Waals surface area contributed by atoms with E-state index in [0.717, 1.165) is 0 Å². The van der Waals surface area contributed by atoms with E-state index < -0.39 is 11.6 Å². The highest BCUT2D eigenvalue weighted by molar-refractivity contribution is 5.98. The van der Waals surface area contributed by atoms with E-state index in [-0.39, 0.29) is 11.3 Å². The van der Waals surface area contributed by atoms with Crippen LogP contribution in [0.1, 0.15) is 26.3 Å². The highest BCUT2D eigenvalue weighted by Gasteiger charge is 2.19. The predicted molar refractivity (Wildman–Crippen MR) is 67.5 cm³/mol. The number of esters is 1. The molecule has 0 bridgehead atoms. The molecule has 0 fully saturated rings. The molecule has 0 aliphatic rings. The lowest BCUT2D eigenvalue weighted by Crippen LogP contribution is -2.24. The number of hydrogen-bond donors (Lipinski definition) is 1. The number of nitrogens with zero attached hydrogens (tertiary/aromatic N) is 1. The van der Waals surface area contributed by atoms with Gasteiger partial charge in [-0.25, -0.2) is 4.79 Å². The maximum Gasteiger partial charge on any atom is 0.349 e. The first-order valence-corrected chi connectivity index (χ1v) is 5.46. The number of aromatic hydroxyl groups is 1. The fourth-order valence-corrected chi connectivity index (χ4v) is 1.21. The van der Waals surface area contributed by atoms with Crippen LogP contribution >= 0.6 is 0 Å². The summed E-state index contributed by atoms with van der Waals surface area (Å²) in [7, 11) is 0. The summed E-state index contributed by atoms with van der Waals surface area (Å²) in [5.74, 6) is -0.527. The molecule has 0 aromatic heterocycles. The monoisotopic (exact) mass is 245 g/mol. The molecule has 1 aromatic carbocycles. The second kappa shape index (κ2) is 5.37. The van der Waals surface area contributed by atoms with Crippen molar-refractivity contribution in [3.8, 4) is 11.8 Å². The van der Waals surface area contributed by atoms with Crippen molar-refractivity contribution in [2.24, 2.45) is 0 Å². The van der Waals surface area contributed by atoms with Crippen LogP contribution in [-0.4, -0.2) is 16.7 Å². The number of ether oxygens (including phenoxy) is 1. The third-order valence-corrected chi connectivity index (χ3v) is 1.94. The Morgan fingerprint density at radius 3 is 2.33 bits per heavy atom. The number of nitriles is 1. The van der Waals surface area contributed by atoms with Gasteiger partial charge in [0.15, 0.2) is 0 Å². The van der Waals surface area contributed by atoms with Crippen LogP contribution in [0.25, 0.3) is 6.08 Å². The molecule has 0 amide bonds. The van der Waals surface area contributed by atoms with Crippen molar-refractivity contribution < 1.29 is 14.6 Å². The van der Waals surface area contributed by atoms with Crippen LogP contribution in [0.3, 0.4) is 0 Å². The van der Waals surface area contributed by atoms with E-state index in [1.54, 1.807) is 32.9 Å². The molecule has 0 unspecified atom stereocenters. The molecule has 1 rings (SSSR count). The van der Waals surface area contributed by atoms with Gasteiger partial charge in [0.2, 0.25) is 0 Å². The van der Waals surface area contributed by atoms with Gasteiger partial charge >= 0.3 is 5.97 Å². The van der Waals surface area contributed by atoms with Crippen molar-refractivity contribution in [2.45, 2.75) is 26.4 Å². The van der Waals surface area contributed by atoms with Gasteiger partial charge in [-0.2, -0.15) is 5.26 Å². The van der Waals surface area contributed by atoms with Crippen molar-refractivity contribution in [3.05, 3.63) is 35.4 Å². The molecular formula is C14H15NO3. The molecule has 0 atom stereocenters. The summed E-state index contributed by atoms with van der Waals surface area (Å²) in [6.45, 7) is 5.21. The summed E-state index contributed by atoms with van der Waals surface area (Å²) < 4.78 is 5.11. The summed E-state index contributed by atoms with van der Waals surface area (Å²) in [6.07, 6.45) is 1.42. The summed E-state index contributed by atoms with van der Waals surface area (Å²) in [5.41, 5.74) is -0.0621. The summed E-state index contributed by atoms with van der Waals surface area (Å²) in [5, 5.41) is 18.1. The lowest BCUT2D eigenvalue weighted by atomic mass is 10.1. The quantitative estimate of drug-likeness (QED) is 0.494. The lowest BCUT2D eigenvalue weighted by molar-refractivity contribution is -0.149. The molecule has 94 valence electrons. The Labute approximate surface area is 106 Å². The van der Waals surface area contributed by atoms with Gasteiger partial charge in [0, 0.05) is 0 Å². The average molecular weight is 245 g/mol. The summed E-state index contributed by atoms with van der Waals surface area (Å²) >= 11 is 0. The standard InChI is InChI=1S/C14H15NO3/c1-14(2,3)18-13(17)11(9-15)8-10-4-6-12(16)7-5-10/h4-8,16H,1-3H3/b11-8-. The van der Waals surface area contributed by atoms with Gasteiger partial charge in [0.05, 0.1) is 0 Å². The Bertz CT molecular complexity index is 501. The van der Waals surface area contributed by atoms with E-state index in [1.807, 2.05) is 6.07 Å². The van der Waals surface area contributed by atoms with E-state index in [1.165, 1.54) is 18.2 Å². The normalized spacial score (nSPS) is 11.8. The van der Waals surface area contributed by atoms with Crippen LogP contribution in [0.15, 0.2) is 29.8 Å². The molecule has 1 aromatic rings. The van der Waals surface area contributed by atoms with E-state index in [0.29, 0.717) is 5.56 Å². The topological polar surface area (TPSA) is 70.3 Å². The fourth-order valence-electron chi connectivity index (χ4n) is 1.21. The Hall–Kier alpha value is -2.28. The van der Waals surface area contributed by atoms with Crippen LogP contribution in [0.5, 0.6) is 5.75 Å². The first-order chi connectivity index (χ1) is 8.31. The Kier molecular flexibility index (Phi) is 4.11. The summed E-state index contributed by atoms with van der Waals surface area (Å²) in [4.78, 5) is 11.7. The maximum absolute atomic E-state index is 11.7. The second-order valence-corrected chi connectivity index (χ2v) is 4.76. The first-order valence-electron chi connectivity index (χ1n) is 5.46. The molecule has 0 aliphatic carbocycles. The smallest absolute Gasteiger partial charge is 0.349 e. The van der Waals surface area contributed by atoms with Crippen LogP contribution < -0.4 is 0 Å². The van der Waals surface area contributed by atoms with Crippen LogP contribution in [0, 0.1) is 11.3 Å². The minimum Gasteiger partial charge on any atom is -0.508 e. The van der Waals surface area contributed by atoms with E-state index in [2.05, 4.69) is 0 Å². The van der Waals surface area contributed by atoms with Gasteiger partial charge in [-0.1, -0.05) is 12.1 Å². The first kappa shape index (κ1) is 13.8. The molecular weight excluding hydrogens is 230 g/mol. The van der Waals surface area contributed by atoms with Crippen LogP contribution in [0.4, 0.5) is 0 Å². The van der Waals surface area contributed by atoms with Gasteiger partial charge < -0.3 is 9.84 Å².